The van der Waals surface area contributed by atoms with Gasteiger partial charge in [0.25, 0.3) is 0 Å². The van der Waals surface area contributed by atoms with Crippen molar-refractivity contribution in [3.05, 3.63) is 12.7 Å². The first-order valence-corrected chi connectivity index (χ1v) is 6.82. The zero-order valence-electron chi connectivity index (χ0n) is 10.5. The summed E-state index contributed by atoms with van der Waals surface area (Å²) in [4.78, 5) is 11.3. The molecule has 0 aromatic heterocycles. The van der Waals surface area contributed by atoms with Gasteiger partial charge < -0.3 is 14.6 Å². The molecule has 3 fully saturated rings. The molecule has 0 aromatic carbocycles. The highest BCUT2D eigenvalue weighted by Gasteiger charge is 2.53. The van der Waals surface area contributed by atoms with Crippen LogP contribution in [0.25, 0.3) is 0 Å². The summed E-state index contributed by atoms with van der Waals surface area (Å²) in [7, 11) is 0. The Hall–Kier alpha value is -0.870. The molecule has 2 heterocycles. The average molecular weight is 252 g/mol. The molecule has 1 spiro atoms. The van der Waals surface area contributed by atoms with E-state index in [9.17, 15) is 9.90 Å². The van der Waals surface area contributed by atoms with Crippen molar-refractivity contribution in [1.29, 1.82) is 0 Å². The smallest absolute Gasteiger partial charge is 0.308 e. The van der Waals surface area contributed by atoms with E-state index in [2.05, 4.69) is 6.58 Å². The Morgan fingerprint density at radius 1 is 1.50 bits per heavy atom. The Balaban J connectivity index is 1.72. The van der Waals surface area contributed by atoms with E-state index in [0.717, 1.165) is 19.3 Å². The molecule has 2 aliphatic heterocycles. The summed E-state index contributed by atoms with van der Waals surface area (Å²) in [6.45, 7) is 3.76. The van der Waals surface area contributed by atoms with Crippen molar-refractivity contribution in [2.24, 2.45) is 11.8 Å². The van der Waals surface area contributed by atoms with Gasteiger partial charge in [-0.3, -0.25) is 4.79 Å². The summed E-state index contributed by atoms with van der Waals surface area (Å²) >= 11 is 0. The summed E-state index contributed by atoms with van der Waals surface area (Å²) in [5.41, 5.74) is 0. The molecule has 0 amide bonds. The first-order valence-electron chi connectivity index (χ1n) is 6.82. The molecule has 4 nitrogen and oxygen atoms in total. The Labute approximate surface area is 107 Å². The van der Waals surface area contributed by atoms with Gasteiger partial charge >= 0.3 is 5.97 Å². The normalized spacial score (nSPS) is 47.1. The van der Waals surface area contributed by atoms with Crippen molar-refractivity contribution in [2.45, 2.75) is 56.5 Å². The van der Waals surface area contributed by atoms with E-state index in [1.807, 2.05) is 6.08 Å². The molecule has 0 bridgehead atoms. The number of ether oxygens (including phenoxy) is 2. The lowest BCUT2D eigenvalue weighted by atomic mass is 9.83. The number of carbonyl (C=O) groups excluding carboxylic acids is 1. The van der Waals surface area contributed by atoms with Crippen LogP contribution in [0.3, 0.4) is 0 Å². The Morgan fingerprint density at radius 2 is 2.33 bits per heavy atom. The van der Waals surface area contributed by atoms with Gasteiger partial charge in [-0.25, -0.2) is 0 Å². The van der Waals surface area contributed by atoms with Crippen LogP contribution in [0.4, 0.5) is 0 Å². The molecule has 3 rings (SSSR count). The van der Waals surface area contributed by atoms with Crippen LogP contribution in [0.2, 0.25) is 0 Å². The van der Waals surface area contributed by atoms with Gasteiger partial charge in [-0.1, -0.05) is 6.08 Å². The van der Waals surface area contributed by atoms with E-state index in [4.69, 9.17) is 9.47 Å². The highest BCUT2D eigenvalue weighted by molar-refractivity contribution is 5.71. The van der Waals surface area contributed by atoms with Gasteiger partial charge in [-0.05, 0) is 24.7 Å². The second-order valence-electron chi connectivity index (χ2n) is 5.73. The summed E-state index contributed by atoms with van der Waals surface area (Å²) in [6, 6.07) is 0. The molecule has 1 aliphatic carbocycles. The molecule has 3 aliphatic rings. The van der Waals surface area contributed by atoms with Gasteiger partial charge in [0.15, 0.2) is 0 Å². The van der Waals surface area contributed by atoms with Crippen molar-refractivity contribution in [3.8, 4) is 0 Å². The number of hydrogen-bond donors (Lipinski definition) is 1. The van der Waals surface area contributed by atoms with Gasteiger partial charge in [0, 0.05) is 19.3 Å². The molecule has 0 radical (unpaired) electrons. The number of aliphatic hydroxyl groups is 1. The third kappa shape index (κ3) is 1.88. The average Bonchev–Trinajstić information content (AvgIpc) is 2.82. The van der Waals surface area contributed by atoms with E-state index in [0.29, 0.717) is 25.2 Å². The van der Waals surface area contributed by atoms with E-state index < -0.39 is 5.79 Å². The van der Waals surface area contributed by atoms with Crippen LogP contribution in [-0.2, 0) is 14.3 Å². The Morgan fingerprint density at radius 3 is 3.00 bits per heavy atom. The van der Waals surface area contributed by atoms with E-state index >= 15 is 0 Å². The van der Waals surface area contributed by atoms with Crippen molar-refractivity contribution < 1.29 is 19.4 Å². The van der Waals surface area contributed by atoms with Crippen LogP contribution in [0.5, 0.6) is 0 Å². The number of esters is 1. The zero-order valence-corrected chi connectivity index (χ0v) is 10.5. The van der Waals surface area contributed by atoms with Gasteiger partial charge in [0.2, 0.25) is 5.79 Å². The van der Waals surface area contributed by atoms with Crippen molar-refractivity contribution >= 4 is 5.97 Å². The molecular weight excluding hydrogens is 232 g/mol. The third-order valence-corrected chi connectivity index (χ3v) is 4.67. The van der Waals surface area contributed by atoms with Crippen LogP contribution in [0.15, 0.2) is 12.7 Å². The van der Waals surface area contributed by atoms with Crippen LogP contribution < -0.4 is 0 Å². The number of aliphatic hydroxyl groups excluding tert-OH is 1. The Bertz CT molecular complexity index is 367. The minimum absolute atomic E-state index is 0.0320. The predicted molar refractivity (Wildman–Crippen MR) is 64.6 cm³/mol. The SMILES string of the molecule is C=CCC1[C@H]2CC[C@@]3(CCC(=O)O3)O[C@H]2C[C@@H]1O. The van der Waals surface area contributed by atoms with Gasteiger partial charge in [0.1, 0.15) is 0 Å². The lowest BCUT2D eigenvalue weighted by molar-refractivity contribution is -0.260. The maximum Gasteiger partial charge on any atom is 0.308 e. The fraction of sp³-hybridized carbons (Fsp3) is 0.786. The van der Waals surface area contributed by atoms with E-state index in [-0.39, 0.29) is 24.1 Å². The van der Waals surface area contributed by atoms with Crippen molar-refractivity contribution in [1.82, 2.24) is 0 Å². The monoisotopic (exact) mass is 252 g/mol. The maximum absolute atomic E-state index is 11.3. The number of carbonyl (C=O) groups is 1. The molecule has 2 saturated heterocycles. The lowest BCUT2D eigenvalue weighted by Gasteiger charge is -2.40. The fourth-order valence-electron chi connectivity index (χ4n) is 3.79. The fourth-order valence-corrected chi connectivity index (χ4v) is 3.79. The maximum atomic E-state index is 11.3. The van der Waals surface area contributed by atoms with E-state index in [1.165, 1.54) is 0 Å². The quantitative estimate of drug-likeness (QED) is 0.601. The molecule has 18 heavy (non-hydrogen) atoms. The van der Waals surface area contributed by atoms with Crippen LogP contribution >= 0.6 is 0 Å². The van der Waals surface area contributed by atoms with Gasteiger partial charge in [-0.15, -0.1) is 6.58 Å². The number of hydrogen-bond acceptors (Lipinski definition) is 4. The number of rotatable bonds is 2. The lowest BCUT2D eigenvalue weighted by Crippen LogP contribution is -2.44. The summed E-state index contributed by atoms with van der Waals surface area (Å²) < 4.78 is 11.4. The van der Waals surface area contributed by atoms with Crippen molar-refractivity contribution in [3.63, 3.8) is 0 Å². The zero-order chi connectivity index (χ0) is 12.8. The van der Waals surface area contributed by atoms with Gasteiger partial charge in [-0.2, -0.15) is 0 Å². The molecule has 1 N–H and O–H groups in total. The first kappa shape index (κ1) is 12.2. The molecule has 0 aromatic rings. The molecule has 1 unspecified atom stereocenters. The molecule has 4 heteroatoms. The van der Waals surface area contributed by atoms with Crippen LogP contribution in [-0.4, -0.2) is 29.1 Å². The summed E-state index contributed by atoms with van der Waals surface area (Å²) in [6.07, 6.45) is 5.92. The predicted octanol–water partition coefficient (Wildman–Crippen LogP) is 1.77. The summed E-state index contributed by atoms with van der Waals surface area (Å²) in [5.74, 6) is -0.208. The highest BCUT2D eigenvalue weighted by atomic mass is 16.7. The molecule has 5 atom stereocenters. The minimum atomic E-state index is -0.680. The molecule has 100 valence electrons. The Kier molecular flexibility index (Phi) is 2.94. The summed E-state index contributed by atoms with van der Waals surface area (Å²) in [5, 5.41) is 10.1. The third-order valence-electron chi connectivity index (χ3n) is 4.67. The second kappa shape index (κ2) is 4.35. The van der Waals surface area contributed by atoms with E-state index in [1.54, 1.807) is 0 Å². The minimum Gasteiger partial charge on any atom is -0.433 e. The molecule has 1 saturated carbocycles. The van der Waals surface area contributed by atoms with Gasteiger partial charge in [0.05, 0.1) is 18.6 Å². The standard InChI is InChI=1S/C14H20O4/c1-2-3-9-10-4-6-14(7-5-13(16)18-14)17-12(10)8-11(9)15/h2,9-12,15H,1,3-8H2/t9?,10-,11+,12+,14-/m1/s1. The number of allylic oxidation sites excluding steroid dienone is 1. The van der Waals surface area contributed by atoms with Crippen LogP contribution in [0.1, 0.15) is 38.5 Å². The topological polar surface area (TPSA) is 55.8 Å². The highest BCUT2D eigenvalue weighted by Crippen LogP contribution is 2.49. The van der Waals surface area contributed by atoms with Crippen LogP contribution in [0, 0.1) is 11.8 Å². The largest absolute Gasteiger partial charge is 0.433 e. The number of fused-ring (bicyclic) bond motifs is 1. The molecular formula is C14H20O4. The second-order valence-corrected chi connectivity index (χ2v) is 5.73. The first-order chi connectivity index (χ1) is 8.63. The van der Waals surface area contributed by atoms with Crippen molar-refractivity contribution in [2.75, 3.05) is 0 Å².